The minimum Gasteiger partial charge on any atom is -0.376 e. The fourth-order valence-electron chi connectivity index (χ4n) is 2.87. The lowest BCUT2D eigenvalue weighted by atomic mass is 10.2. The van der Waals surface area contributed by atoms with Gasteiger partial charge in [0, 0.05) is 53.3 Å². The molecule has 1 amide bonds. The van der Waals surface area contributed by atoms with Crippen molar-refractivity contribution in [1.82, 2.24) is 4.90 Å². The monoisotopic (exact) mass is 392 g/mol. The van der Waals surface area contributed by atoms with E-state index < -0.39 is 0 Å². The molecule has 5 nitrogen and oxygen atoms in total. The lowest BCUT2D eigenvalue weighted by Crippen LogP contribution is -2.44. The number of nitrogens with one attached hydrogen (secondary N) is 2. The first-order valence-electron chi connectivity index (χ1n) is 8.53. The topological polar surface area (TPSA) is 47.6 Å². The number of carbonyl (C=O) groups is 1. The van der Waals surface area contributed by atoms with Crippen molar-refractivity contribution in [3.63, 3.8) is 0 Å². The Morgan fingerprint density at radius 3 is 2.19 bits per heavy atom. The zero-order chi connectivity index (χ0) is 18.5. The molecule has 0 radical (unpaired) electrons. The van der Waals surface area contributed by atoms with Crippen molar-refractivity contribution < 1.29 is 4.79 Å². The maximum absolute atomic E-state index is 12.1. The van der Waals surface area contributed by atoms with Gasteiger partial charge in [-0.1, -0.05) is 23.2 Å². The molecule has 2 aromatic carbocycles. The van der Waals surface area contributed by atoms with Crippen molar-refractivity contribution in [3.05, 3.63) is 52.5 Å². The summed E-state index contributed by atoms with van der Waals surface area (Å²) < 4.78 is 0. The van der Waals surface area contributed by atoms with Gasteiger partial charge in [-0.25, -0.2) is 0 Å². The van der Waals surface area contributed by atoms with Gasteiger partial charge in [-0.05, 0) is 49.5 Å². The van der Waals surface area contributed by atoms with E-state index in [4.69, 9.17) is 23.2 Å². The minimum atomic E-state index is -0.161. The molecule has 1 heterocycles. The number of halogens is 2. The third-order valence-corrected chi connectivity index (χ3v) is 4.77. The molecule has 2 N–H and O–H groups in total. The van der Waals surface area contributed by atoms with E-state index in [1.54, 1.807) is 18.2 Å². The molecule has 0 atom stereocenters. The molecule has 0 bridgehead atoms. The molecule has 0 unspecified atom stereocenters. The molecule has 1 saturated heterocycles. The Bertz CT molecular complexity index is 738. The molecule has 1 aliphatic rings. The number of hydrogen-bond acceptors (Lipinski definition) is 4. The highest BCUT2D eigenvalue weighted by molar-refractivity contribution is 6.35. The quantitative estimate of drug-likeness (QED) is 0.812. The number of anilines is 3. The van der Waals surface area contributed by atoms with E-state index in [-0.39, 0.29) is 12.5 Å². The first kappa shape index (κ1) is 18.8. The smallest absolute Gasteiger partial charge is 0.243 e. The Kier molecular flexibility index (Phi) is 6.25. The molecule has 3 rings (SSSR count). The van der Waals surface area contributed by atoms with E-state index in [1.165, 1.54) is 5.69 Å². The highest BCUT2D eigenvalue weighted by atomic mass is 35.5. The van der Waals surface area contributed by atoms with Crippen LogP contribution in [0.25, 0.3) is 0 Å². The predicted octanol–water partition coefficient (Wildman–Crippen LogP) is 3.80. The molecular formula is C19H22Cl2N4O. The van der Waals surface area contributed by atoms with E-state index in [2.05, 4.69) is 39.6 Å². The molecule has 1 aliphatic heterocycles. The number of carbonyl (C=O) groups excluding carboxylic acids is 1. The zero-order valence-electron chi connectivity index (χ0n) is 14.6. The molecular weight excluding hydrogens is 371 g/mol. The van der Waals surface area contributed by atoms with Crippen molar-refractivity contribution in [2.24, 2.45) is 0 Å². The van der Waals surface area contributed by atoms with E-state index in [1.807, 2.05) is 12.1 Å². The number of rotatable bonds is 5. The first-order chi connectivity index (χ1) is 12.5. The molecule has 2 aromatic rings. The van der Waals surface area contributed by atoms with E-state index >= 15 is 0 Å². The Morgan fingerprint density at radius 2 is 1.58 bits per heavy atom. The van der Waals surface area contributed by atoms with Gasteiger partial charge in [-0.15, -0.1) is 0 Å². The van der Waals surface area contributed by atoms with Gasteiger partial charge in [0.2, 0.25) is 5.91 Å². The SMILES string of the molecule is CN1CCN(c2ccc(NCC(=O)Nc3cc(Cl)cc(Cl)c3)cc2)CC1. The summed E-state index contributed by atoms with van der Waals surface area (Å²) in [5.74, 6) is -0.161. The predicted molar refractivity (Wildman–Crippen MR) is 110 cm³/mol. The average Bonchev–Trinajstić information content (AvgIpc) is 2.60. The van der Waals surface area contributed by atoms with Crippen LogP contribution >= 0.6 is 23.2 Å². The second-order valence-corrected chi connectivity index (χ2v) is 7.27. The lowest BCUT2D eigenvalue weighted by Gasteiger charge is -2.34. The van der Waals surface area contributed by atoms with Crippen molar-refractivity contribution in [3.8, 4) is 0 Å². The highest BCUT2D eigenvalue weighted by Gasteiger charge is 2.14. The van der Waals surface area contributed by atoms with Gasteiger partial charge in [0.25, 0.3) is 0 Å². The maximum atomic E-state index is 12.1. The fourth-order valence-corrected chi connectivity index (χ4v) is 3.39. The highest BCUT2D eigenvalue weighted by Crippen LogP contribution is 2.22. The van der Waals surface area contributed by atoms with Crippen LogP contribution < -0.4 is 15.5 Å². The van der Waals surface area contributed by atoms with Gasteiger partial charge in [0.15, 0.2) is 0 Å². The van der Waals surface area contributed by atoms with Crippen LogP contribution in [0.15, 0.2) is 42.5 Å². The van der Waals surface area contributed by atoms with Gasteiger partial charge >= 0.3 is 0 Å². The second-order valence-electron chi connectivity index (χ2n) is 6.40. The number of piperazine rings is 1. The van der Waals surface area contributed by atoms with Gasteiger partial charge in [0.1, 0.15) is 0 Å². The molecule has 1 fully saturated rings. The van der Waals surface area contributed by atoms with Gasteiger partial charge in [-0.2, -0.15) is 0 Å². The summed E-state index contributed by atoms with van der Waals surface area (Å²) in [5.41, 5.74) is 2.70. The number of likely N-dealkylation sites (N-methyl/N-ethyl adjacent to an activating group) is 1. The van der Waals surface area contributed by atoms with Crippen LogP contribution in [0, 0.1) is 0 Å². The van der Waals surface area contributed by atoms with Crippen molar-refractivity contribution in [1.29, 1.82) is 0 Å². The van der Waals surface area contributed by atoms with Crippen LogP contribution in [0.3, 0.4) is 0 Å². The average molecular weight is 393 g/mol. The molecule has 0 aliphatic carbocycles. The Balaban J connectivity index is 1.50. The zero-order valence-corrected chi connectivity index (χ0v) is 16.1. The number of nitrogens with zero attached hydrogens (tertiary/aromatic N) is 2. The lowest BCUT2D eigenvalue weighted by molar-refractivity contribution is -0.114. The summed E-state index contributed by atoms with van der Waals surface area (Å²) in [4.78, 5) is 16.8. The van der Waals surface area contributed by atoms with Crippen LogP contribution in [-0.4, -0.2) is 50.6 Å². The summed E-state index contributed by atoms with van der Waals surface area (Å²) in [6, 6.07) is 13.1. The minimum absolute atomic E-state index is 0.161. The summed E-state index contributed by atoms with van der Waals surface area (Å²) in [6.07, 6.45) is 0. The third-order valence-electron chi connectivity index (χ3n) is 4.34. The third kappa shape index (κ3) is 5.27. The number of benzene rings is 2. The van der Waals surface area contributed by atoms with Gasteiger partial charge < -0.3 is 20.4 Å². The molecule has 0 saturated carbocycles. The van der Waals surface area contributed by atoms with Crippen LogP contribution in [-0.2, 0) is 4.79 Å². The Hall–Kier alpha value is -1.95. The standard InChI is InChI=1S/C19H22Cl2N4O/c1-24-6-8-25(9-7-24)18-4-2-16(3-5-18)22-13-19(26)23-17-11-14(20)10-15(21)12-17/h2-5,10-12,22H,6-9,13H2,1H3,(H,23,26). The normalized spacial score (nSPS) is 15.0. The molecule has 26 heavy (non-hydrogen) atoms. The van der Waals surface area contributed by atoms with Crippen LogP contribution in [0.1, 0.15) is 0 Å². The first-order valence-corrected chi connectivity index (χ1v) is 9.28. The van der Waals surface area contributed by atoms with Crippen molar-refractivity contribution >= 4 is 46.2 Å². The maximum Gasteiger partial charge on any atom is 0.243 e. The molecule has 0 spiro atoms. The number of amides is 1. The van der Waals surface area contributed by atoms with Gasteiger partial charge in [0.05, 0.1) is 6.54 Å². The molecule has 7 heteroatoms. The summed E-state index contributed by atoms with van der Waals surface area (Å²) >= 11 is 11.9. The van der Waals surface area contributed by atoms with Crippen LogP contribution in [0.2, 0.25) is 10.0 Å². The largest absolute Gasteiger partial charge is 0.376 e. The van der Waals surface area contributed by atoms with Crippen LogP contribution in [0.4, 0.5) is 17.1 Å². The van der Waals surface area contributed by atoms with E-state index in [9.17, 15) is 4.79 Å². The summed E-state index contributed by atoms with van der Waals surface area (Å²) in [7, 11) is 2.15. The molecule has 0 aromatic heterocycles. The summed E-state index contributed by atoms with van der Waals surface area (Å²) in [6.45, 7) is 4.39. The Labute approximate surface area is 163 Å². The van der Waals surface area contributed by atoms with Gasteiger partial charge in [-0.3, -0.25) is 4.79 Å². The summed E-state index contributed by atoms with van der Waals surface area (Å²) in [5, 5.41) is 6.88. The second kappa shape index (κ2) is 8.62. The van der Waals surface area contributed by atoms with Crippen molar-refractivity contribution in [2.75, 3.05) is 55.3 Å². The van der Waals surface area contributed by atoms with E-state index in [0.717, 1.165) is 31.9 Å². The molecule has 138 valence electrons. The van der Waals surface area contributed by atoms with Crippen LogP contribution in [0.5, 0.6) is 0 Å². The number of hydrogen-bond donors (Lipinski definition) is 2. The fraction of sp³-hybridized carbons (Fsp3) is 0.316. The van der Waals surface area contributed by atoms with E-state index in [0.29, 0.717) is 15.7 Å². The Morgan fingerprint density at radius 1 is 0.962 bits per heavy atom. The van der Waals surface area contributed by atoms with Crippen molar-refractivity contribution in [2.45, 2.75) is 0 Å².